The van der Waals surface area contributed by atoms with Gasteiger partial charge in [0.2, 0.25) is 0 Å². The Hall–Kier alpha value is -3.72. The van der Waals surface area contributed by atoms with Gasteiger partial charge in [0, 0.05) is 23.1 Å². The van der Waals surface area contributed by atoms with Crippen molar-refractivity contribution in [3.05, 3.63) is 81.8 Å². The van der Waals surface area contributed by atoms with Crippen LogP contribution in [0.4, 0.5) is 0 Å². The Kier molecular flexibility index (Phi) is 8.97. The molecule has 1 N–H and O–H groups in total. The first-order valence-corrected chi connectivity index (χ1v) is 11.4. The molecule has 1 amide bonds. The third-order valence-corrected chi connectivity index (χ3v) is 5.71. The summed E-state index contributed by atoms with van der Waals surface area (Å²) < 4.78 is 22.2. The highest BCUT2D eigenvalue weighted by Gasteiger charge is 2.22. The van der Waals surface area contributed by atoms with E-state index < -0.39 is 5.97 Å². The van der Waals surface area contributed by atoms with Gasteiger partial charge in [-0.15, -0.1) is 0 Å². The highest BCUT2D eigenvalue weighted by Crippen LogP contribution is 2.35. The van der Waals surface area contributed by atoms with Crippen LogP contribution in [0.15, 0.2) is 65.1 Å². The van der Waals surface area contributed by atoms with E-state index in [2.05, 4.69) is 15.9 Å². The van der Waals surface area contributed by atoms with Gasteiger partial charge in [-0.3, -0.25) is 4.79 Å². The fourth-order valence-corrected chi connectivity index (χ4v) is 3.91. The van der Waals surface area contributed by atoms with Crippen molar-refractivity contribution < 1.29 is 33.6 Å². The van der Waals surface area contributed by atoms with Gasteiger partial charge >= 0.3 is 5.97 Å². The standard InChI is InChI=1S/C26H26BrNO7/c1-32-20-10-8-17(9-11-20)14-28(15-18-6-4-5-7-22(18)33-2)24(29)16-35-25-21(26(30)31)12-19(27)13-23(25)34-3/h4-13H,14-16H2,1-3H3,(H,30,31). The van der Waals surface area contributed by atoms with Gasteiger partial charge in [-0.25, -0.2) is 4.79 Å². The average molecular weight is 544 g/mol. The second-order valence-electron chi connectivity index (χ2n) is 7.49. The van der Waals surface area contributed by atoms with Crippen LogP contribution in [-0.4, -0.2) is 49.8 Å². The van der Waals surface area contributed by atoms with Crippen LogP contribution < -0.4 is 18.9 Å². The number of benzene rings is 3. The van der Waals surface area contributed by atoms with E-state index in [-0.39, 0.29) is 36.1 Å². The molecule has 35 heavy (non-hydrogen) atoms. The van der Waals surface area contributed by atoms with Gasteiger partial charge in [0.1, 0.15) is 17.1 Å². The van der Waals surface area contributed by atoms with Crippen LogP contribution in [0.1, 0.15) is 21.5 Å². The minimum absolute atomic E-state index is 0.0155. The minimum Gasteiger partial charge on any atom is -0.497 e. The molecule has 0 saturated heterocycles. The lowest BCUT2D eigenvalue weighted by Crippen LogP contribution is -2.34. The van der Waals surface area contributed by atoms with Crippen LogP contribution in [0.3, 0.4) is 0 Å². The Morgan fingerprint density at radius 3 is 2.20 bits per heavy atom. The number of carboxylic acids is 1. The van der Waals surface area contributed by atoms with Crippen LogP contribution in [0.25, 0.3) is 0 Å². The van der Waals surface area contributed by atoms with Gasteiger partial charge in [0.15, 0.2) is 18.1 Å². The first-order valence-electron chi connectivity index (χ1n) is 10.6. The fourth-order valence-electron chi connectivity index (χ4n) is 3.48. The smallest absolute Gasteiger partial charge is 0.339 e. The molecule has 8 nitrogen and oxygen atoms in total. The highest BCUT2D eigenvalue weighted by molar-refractivity contribution is 9.10. The van der Waals surface area contributed by atoms with E-state index in [9.17, 15) is 14.7 Å². The molecule has 0 aliphatic rings. The minimum atomic E-state index is -1.20. The van der Waals surface area contributed by atoms with E-state index in [4.69, 9.17) is 18.9 Å². The zero-order valence-electron chi connectivity index (χ0n) is 19.6. The molecule has 0 unspecified atom stereocenters. The second kappa shape index (κ2) is 12.1. The summed E-state index contributed by atoms with van der Waals surface area (Å²) >= 11 is 3.26. The lowest BCUT2D eigenvalue weighted by molar-refractivity contribution is -0.134. The Morgan fingerprint density at radius 2 is 1.57 bits per heavy atom. The Morgan fingerprint density at radius 1 is 0.886 bits per heavy atom. The van der Waals surface area contributed by atoms with Gasteiger partial charge < -0.3 is 29.0 Å². The number of hydrogen-bond acceptors (Lipinski definition) is 6. The van der Waals surface area contributed by atoms with Gasteiger partial charge in [-0.05, 0) is 35.9 Å². The number of methoxy groups -OCH3 is 3. The molecule has 0 aliphatic carbocycles. The maximum atomic E-state index is 13.3. The van der Waals surface area contributed by atoms with Gasteiger partial charge in [-0.2, -0.15) is 0 Å². The summed E-state index contributed by atoms with van der Waals surface area (Å²) in [5, 5.41) is 9.60. The van der Waals surface area contributed by atoms with Gasteiger partial charge in [0.05, 0.1) is 21.3 Å². The molecule has 3 rings (SSSR count). The number of nitrogens with zero attached hydrogens (tertiary/aromatic N) is 1. The number of hydrogen-bond donors (Lipinski definition) is 1. The molecule has 3 aromatic rings. The van der Waals surface area contributed by atoms with Crippen molar-refractivity contribution in [3.8, 4) is 23.0 Å². The van der Waals surface area contributed by atoms with Gasteiger partial charge in [0.25, 0.3) is 5.91 Å². The summed E-state index contributed by atoms with van der Waals surface area (Å²) in [7, 11) is 4.57. The molecule has 9 heteroatoms. The molecule has 0 spiro atoms. The first kappa shape index (κ1) is 25.9. The summed E-state index contributed by atoms with van der Waals surface area (Å²) in [6, 6.07) is 17.8. The summed E-state index contributed by atoms with van der Waals surface area (Å²) in [4.78, 5) is 26.7. The molecular formula is C26H26BrNO7. The maximum absolute atomic E-state index is 13.3. The van der Waals surface area contributed by atoms with E-state index in [1.165, 1.54) is 13.2 Å². The van der Waals surface area contributed by atoms with Crippen molar-refractivity contribution in [1.29, 1.82) is 0 Å². The predicted molar refractivity (Wildman–Crippen MR) is 133 cm³/mol. The van der Waals surface area contributed by atoms with Crippen molar-refractivity contribution in [1.82, 2.24) is 4.90 Å². The molecule has 0 atom stereocenters. The number of rotatable bonds is 11. The summed E-state index contributed by atoms with van der Waals surface area (Å²) in [5.74, 6) is 0.0188. The van der Waals surface area contributed by atoms with Crippen molar-refractivity contribution in [2.24, 2.45) is 0 Å². The topological polar surface area (TPSA) is 94.5 Å². The van der Waals surface area contributed by atoms with Crippen LogP contribution in [0.5, 0.6) is 23.0 Å². The lowest BCUT2D eigenvalue weighted by atomic mass is 10.1. The normalized spacial score (nSPS) is 10.4. The SMILES string of the molecule is COc1ccc(CN(Cc2ccccc2OC)C(=O)COc2c(OC)cc(Br)cc2C(=O)O)cc1. The molecule has 0 radical (unpaired) electrons. The Balaban J connectivity index is 1.87. The Labute approximate surface area is 212 Å². The zero-order chi connectivity index (χ0) is 25.4. The third kappa shape index (κ3) is 6.66. The molecule has 184 valence electrons. The number of para-hydroxylation sites is 1. The van der Waals surface area contributed by atoms with E-state index >= 15 is 0 Å². The first-order chi connectivity index (χ1) is 16.9. The van der Waals surface area contributed by atoms with Crippen molar-refractivity contribution in [2.75, 3.05) is 27.9 Å². The lowest BCUT2D eigenvalue weighted by Gasteiger charge is -2.24. The van der Waals surface area contributed by atoms with Crippen LogP contribution >= 0.6 is 15.9 Å². The second-order valence-corrected chi connectivity index (χ2v) is 8.40. The van der Waals surface area contributed by atoms with Crippen molar-refractivity contribution in [3.63, 3.8) is 0 Å². The zero-order valence-corrected chi connectivity index (χ0v) is 21.2. The van der Waals surface area contributed by atoms with Crippen LogP contribution in [0, 0.1) is 0 Å². The summed E-state index contributed by atoms with van der Waals surface area (Å²) in [6.07, 6.45) is 0. The number of carbonyl (C=O) groups is 2. The van der Waals surface area contributed by atoms with E-state index in [0.717, 1.165) is 11.1 Å². The number of ether oxygens (including phenoxy) is 4. The quantitative estimate of drug-likeness (QED) is 0.371. The Bertz CT molecular complexity index is 1180. The number of aromatic carboxylic acids is 1. The number of amides is 1. The molecule has 0 aliphatic heterocycles. The summed E-state index contributed by atoms with van der Waals surface area (Å²) in [5.41, 5.74) is 1.60. The van der Waals surface area contributed by atoms with Crippen LogP contribution in [0.2, 0.25) is 0 Å². The third-order valence-electron chi connectivity index (χ3n) is 5.25. The largest absolute Gasteiger partial charge is 0.497 e. The molecule has 0 fully saturated rings. The highest BCUT2D eigenvalue weighted by atomic mass is 79.9. The molecule has 0 saturated carbocycles. The monoisotopic (exact) mass is 543 g/mol. The summed E-state index contributed by atoms with van der Waals surface area (Å²) in [6.45, 7) is 0.179. The maximum Gasteiger partial charge on any atom is 0.339 e. The molecule has 0 heterocycles. The average Bonchev–Trinajstić information content (AvgIpc) is 2.87. The van der Waals surface area contributed by atoms with E-state index in [0.29, 0.717) is 22.5 Å². The van der Waals surface area contributed by atoms with E-state index in [1.54, 1.807) is 25.2 Å². The molecular weight excluding hydrogens is 518 g/mol. The van der Waals surface area contributed by atoms with Gasteiger partial charge in [-0.1, -0.05) is 46.3 Å². The van der Waals surface area contributed by atoms with Crippen molar-refractivity contribution >= 4 is 27.8 Å². The molecule has 0 aromatic heterocycles. The predicted octanol–water partition coefficient (Wildman–Crippen LogP) is 4.78. The van der Waals surface area contributed by atoms with E-state index in [1.807, 2.05) is 48.5 Å². The van der Waals surface area contributed by atoms with Crippen molar-refractivity contribution in [2.45, 2.75) is 13.1 Å². The number of carbonyl (C=O) groups excluding carboxylic acids is 1. The number of halogens is 1. The fraction of sp³-hybridized carbons (Fsp3) is 0.231. The molecule has 0 bridgehead atoms. The molecule has 3 aromatic carbocycles. The van der Waals surface area contributed by atoms with Crippen LogP contribution in [-0.2, 0) is 17.9 Å². The number of carboxylic acid groups (broad SMARTS) is 1.